The van der Waals surface area contributed by atoms with E-state index >= 15 is 0 Å². The number of hydrogen-bond acceptors (Lipinski definition) is 6. The fraction of sp³-hybridized carbons (Fsp3) is 0.265. The fourth-order valence-corrected chi connectivity index (χ4v) is 8.33. The highest BCUT2D eigenvalue weighted by Gasteiger charge is 2.68. The van der Waals surface area contributed by atoms with Gasteiger partial charge in [-0.3, -0.25) is 14.4 Å². The third-order valence-corrected chi connectivity index (χ3v) is 10.5. The van der Waals surface area contributed by atoms with Crippen molar-refractivity contribution in [3.8, 4) is 0 Å². The first kappa shape index (κ1) is 26.0. The number of carbonyl (C=O) groups is 3. The van der Waals surface area contributed by atoms with E-state index in [1.165, 1.54) is 0 Å². The Morgan fingerprint density at radius 1 is 1.09 bits per heavy atom. The van der Waals surface area contributed by atoms with E-state index in [4.69, 9.17) is 4.42 Å². The molecule has 8 nitrogen and oxygen atoms in total. The molecule has 2 unspecified atom stereocenters. The van der Waals surface area contributed by atoms with Gasteiger partial charge < -0.3 is 24.5 Å². The lowest BCUT2D eigenvalue weighted by molar-refractivity contribution is 0.0806. The molecule has 1 aliphatic heterocycles. The van der Waals surface area contributed by atoms with Crippen molar-refractivity contribution in [1.29, 1.82) is 0 Å². The third-order valence-electron chi connectivity index (χ3n) is 9.26. The number of fused-ring (bicyclic) bond motifs is 3. The van der Waals surface area contributed by atoms with E-state index < -0.39 is 0 Å². The number of furan rings is 1. The lowest BCUT2D eigenvalue weighted by atomic mass is 9.88. The number of nitrogens with one attached hydrogen (secondary N) is 2. The summed E-state index contributed by atoms with van der Waals surface area (Å²) in [6, 6.07) is 17.0. The fourth-order valence-electron chi connectivity index (χ4n) is 7.03. The Labute approximate surface area is 252 Å². The number of likely N-dealkylation sites (tertiary alicyclic amines) is 1. The number of aromatic amines is 1. The zero-order valence-electron chi connectivity index (χ0n) is 24.1. The van der Waals surface area contributed by atoms with Crippen LogP contribution in [0.5, 0.6) is 0 Å². The predicted octanol–water partition coefficient (Wildman–Crippen LogP) is 6.88. The summed E-state index contributed by atoms with van der Waals surface area (Å²) in [5.74, 6) is 0.0793. The number of allylic oxidation sites excluding steroid dienone is 2. The van der Waals surface area contributed by atoms with Crippen molar-refractivity contribution < 1.29 is 18.8 Å². The molecular weight excluding hydrogens is 560 g/mol. The number of rotatable bonds is 6. The maximum atomic E-state index is 13.8. The number of amides is 2. The van der Waals surface area contributed by atoms with Crippen LogP contribution in [-0.2, 0) is 5.41 Å². The quantitative estimate of drug-likeness (QED) is 0.225. The van der Waals surface area contributed by atoms with Crippen molar-refractivity contribution in [2.24, 2.45) is 5.92 Å². The Morgan fingerprint density at radius 3 is 2.74 bits per heavy atom. The van der Waals surface area contributed by atoms with Crippen LogP contribution in [0.25, 0.3) is 21.9 Å². The summed E-state index contributed by atoms with van der Waals surface area (Å²) < 4.78 is 5.92. The van der Waals surface area contributed by atoms with E-state index in [2.05, 4.69) is 29.0 Å². The monoisotopic (exact) mass is 590 g/mol. The number of H-pyrrole nitrogens is 1. The Bertz CT molecular complexity index is 2040. The molecule has 2 N–H and O–H groups in total. The SMILES string of the molecule is CCN(CC)c1ccc2cc(C(=O)Nc3ccc4[nH]c(C(=O)N5CC6CC67C5=CC(=O)c5cc(C)sc57)cc4c3)oc2c1. The highest BCUT2D eigenvalue weighted by atomic mass is 32.1. The Hall–Kier alpha value is -4.63. The summed E-state index contributed by atoms with van der Waals surface area (Å²) >= 11 is 1.68. The zero-order valence-corrected chi connectivity index (χ0v) is 24.9. The van der Waals surface area contributed by atoms with Gasteiger partial charge in [0.1, 0.15) is 11.3 Å². The van der Waals surface area contributed by atoms with Crippen LogP contribution in [0.1, 0.15) is 61.4 Å². The van der Waals surface area contributed by atoms with E-state index in [0.717, 1.165) is 62.5 Å². The summed E-state index contributed by atoms with van der Waals surface area (Å²) in [5.41, 5.74) is 5.02. The number of hydrogen-bond donors (Lipinski definition) is 2. The normalized spacial score (nSPS) is 20.2. The molecule has 4 heterocycles. The van der Waals surface area contributed by atoms with Crippen LogP contribution >= 0.6 is 11.3 Å². The average molecular weight is 591 g/mol. The summed E-state index contributed by atoms with van der Waals surface area (Å²) in [5, 5.41) is 4.60. The molecule has 1 spiro atoms. The Balaban J connectivity index is 1.02. The second-order valence-electron chi connectivity index (χ2n) is 11.7. The predicted molar refractivity (Wildman–Crippen MR) is 168 cm³/mol. The number of carbonyl (C=O) groups excluding carboxylic acids is 3. The summed E-state index contributed by atoms with van der Waals surface area (Å²) in [4.78, 5) is 49.3. The van der Waals surface area contributed by atoms with Gasteiger partial charge in [0.15, 0.2) is 11.5 Å². The molecule has 2 fully saturated rings. The molecule has 3 aromatic heterocycles. The standard InChI is InChI=1S/C34H30N4O4S/c1-4-37(5-2)23-8-6-19-13-29(42-28(19)14-23)32(40)35-22-7-9-25-20(11-22)12-26(36-25)33(41)38-17-21-16-34(21)30(38)15-27(39)24-10-18(3)43-31(24)34/h6-15,21,36H,4-5,16-17H2,1-3H3,(H,35,40). The second-order valence-corrected chi connectivity index (χ2v) is 13.0. The molecule has 2 atom stereocenters. The third kappa shape index (κ3) is 3.84. The van der Waals surface area contributed by atoms with Gasteiger partial charge in [0.2, 0.25) is 0 Å². The molecular formula is C34H30N4O4S. The highest BCUT2D eigenvalue weighted by molar-refractivity contribution is 7.12. The maximum Gasteiger partial charge on any atom is 0.291 e. The van der Waals surface area contributed by atoms with Gasteiger partial charge in [0.05, 0.1) is 5.41 Å². The lowest BCUT2D eigenvalue weighted by Gasteiger charge is -2.27. The van der Waals surface area contributed by atoms with Crippen molar-refractivity contribution in [2.45, 2.75) is 32.6 Å². The van der Waals surface area contributed by atoms with Crippen LogP contribution in [0.15, 0.2) is 70.8 Å². The molecule has 0 radical (unpaired) electrons. The van der Waals surface area contributed by atoms with E-state index in [-0.39, 0.29) is 28.8 Å². The van der Waals surface area contributed by atoms with Crippen LogP contribution in [0.3, 0.4) is 0 Å². The van der Waals surface area contributed by atoms with Gasteiger partial charge in [-0.25, -0.2) is 0 Å². The van der Waals surface area contributed by atoms with Crippen LogP contribution in [0.4, 0.5) is 11.4 Å². The van der Waals surface area contributed by atoms with Crippen LogP contribution in [0, 0.1) is 12.8 Å². The second kappa shape index (κ2) is 9.18. The molecule has 8 rings (SSSR count). The first-order valence-corrected chi connectivity index (χ1v) is 15.5. The van der Waals surface area contributed by atoms with Gasteiger partial charge in [-0.15, -0.1) is 11.3 Å². The largest absolute Gasteiger partial charge is 0.451 e. The summed E-state index contributed by atoms with van der Waals surface area (Å²) in [7, 11) is 0. The number of aromatic nitrogens is 1. The Kier molecular flexibility index (Phi) is 5.56. The Morgan fingerprint density at radius 2 is 1.93 bits per heavy atom. The smallest absolute Gasteiger partial charge is 0.291 e. The minimum atomic E-state index is -0.342. The lowest BCUT2D eigenvalue weighted by Crippen LogP contribution is -2.33. The van der Waals surface area contributed by atoms with Crippen molar-refractivity contribution in [3.05, 3.63) is 93.1 Å². The molecule has 216 valence electrons. The van der Waals surface area contributed by atoms with Gasteiger partial charge in [0, 0.05) is 80.5 Å². The summed E-state index contributed by atoms with van der Waals surface area (Å²) in [6.45, 7) is 8.63. The molecule has 1 saturated heterocycles. The van der Waals surface area contributed by atoms with Gasteiger partial charge in [0.25, 0.3) is 11.8 Å². The number of benzene rings is 2. The maximum absolute atomic E-state index is 13.8. The topological polar surface area (TPSA) is 98.6 Å². The molecule has 5 aromatic rings. The van der Waals surface area contributed by atoms with Crippen molar-refractivity contribution in [3.63, 3.8) is 0 Å². The number of aryl methyl sites for hydroxylation is 1. The number of ketones is 1. The highest BCUT2D eigenvalue weighted by Crippen LogP contribution is 2.68. The molecule has 2 aromatic carbocycles. The van der Waals surface area contributed by atoms with Crippen LogP contribution < -0.4 is 10.2 Å². The molecule has 9 heteroatoms. The molecule has 2 amide bonds. The molecule has 3 aliphatic rings. The van der Waals surface area contributed by atoms with E-state index in [9.17, 15) is 14.4 Å². The minimum Gasteiger partial charge on any atom is -0.451 e. The first-order valence-electron chi connectivity index (χ1n) is 14.7. The first-order chi connectivity index (χ1) is 20.8. The van der Waals surface area contributed by atoms with E-state index in [1.54, 1.807) is 34.4 Å². The molecule has 0 bridgehead atoms. The van der Waals surface area contributed by atoms with E-state index in [1.807, 2.05) is 49.4 Å². The average Bonchev–Trinajstić information content (AvgIpc) is 3.44. The minimum absolute atomic E-state index is 0.0175. The molecule has 1 saturated carbocycles. The molecule has 2 aliphatic carbocycles. The van der Waals surface area contributed by atoms with Gasteiger partial charge in [-0.05, 0) is 81.6 Å². The number of nitrogens with zero attached hydrogens (tertiary/aromatic N) is 2. The summed E-state index contributed by atoms with van der Waals surface area (Å²) in [6.07, 6.45) is 2.67. The number of anilines is 2. The van der Waals surface area contributed by atoms with Crippen molar-refractivity contribution in [1.82, 2.24) is 9.88 Å². The number of thiophene rings is 1. The van der Waals surface area contributed by atoms with Gasteiger partial charge in [-0.1, -0.05) is 0 Å². The molecule has 43 heavy (non-hydrogen) atoms. The van der Waals surface area contributed by atoms with Gasteiger partial charge >= 0.3 is 0 Å². The van der Waals surface area contributed by atoms with Crippen molar-refractivity contribution >= 4 is 62.2 Å². The van der Waals surface area contributed by atoms with E-state index in [0.29, 0.717) is 29.4 Å². The van der Waals surface area contributed by atoms with Crippen LogP contribution in [-0.4, -0.2) is 47.1 Å². The van der Waals surface area contributed by atoms with Gasteiger partial charge in [-0.2, -0.15) is 0 Å². The van der Waals surface area contributed by atoms with Crippen LogP contribution in [0.2, 0.25) is 0 Å². The zero-order chi connectivity index (χ0) is 29.6. The number of piperidine rings is 1. The van der Waals surface area contributed by atoms with Crippen molar-refractivity contribution in [2.75, 3.05) is 29.9 Å².